The molecule has 1 N–H and O–H groups in total. The summed E-state index contributed by atoms with van der Waals surface area (Å²) < 4.78 is 24.9. The van der Waals surface area contributed by atoms with Gasteiger partial charge in [0.05, 0.1) is 31.8 Å². The second kappa shape index (κ2) is 10.8. The molecule has 2 aromatic carbocycles. The molecule has 2 rings (SSSR count). The third-order valence-electron chi connectivity index (χ3n) is 4.03. The zero-order chi connectivity index (χ0) is 20.4. The van der Waals surface area contributed by atoms with Crippen LogP contribution >= 0.6 is 0 Å². The Morgan fingerprint density at radius 3 is 2.54 bits per heavy atom. The number of hydrogen-bond acceptors (Lipinski definition) is 4. The Kier molecular flexibility index (Phi) is 8.10. The van der Waals surface area contributed by atoms with Crippen LogP contribution in [0.5, 0.6) is 11.5 Å². The summed E-state index contributed by atoms with van der Waals surface area (Å²) in [5.41, 5.74) is 0.738. The van der Waals surface area contributed by atoms with Gasteiger partial charge in [-0.25, -0.2) is 9.38 Å². The first kappa shape index (κ1) is 21.0. The molecule has 0 aromatic heterocycles. The van der Waals surface area contributed by atoms with Crippen molar-refractivity contribution in [2.75, 3.05) is 33.9 Å². The summed E-state index contributed by atoms with van der Waals surface area (Å²) in [4.78, 5) is 6.41. The lowest BCUT2D eigenvalue weighted by molar-refractivity contribution is 0.281. The molecule has 0 spiro atoms. The second-order valence-electron chi connectivity index (χ2n) is 6.03. The van der Waals surface area contributed by atoms with Gasteiger partial charge >= 0.3 is 0 Å². The van der Waals surface area contributed by atoms with Crippen LogP contribution in [0.3, 0.4) is 0 Å². The van der Waals surface area contributed by atoms with Gasteiger partial charge in [0.25, 0.3) is 0 Å². The van der Waals surface area contributed by atoms with Gasteiger partial charge in [-0.15, -0.1) is 0 Å². The highest BCUT2D eigenvalue weighted by Gasteiger charge is 2.08. The minimum atomic E-state index is -0.427. The number of nitrogens with zero attached hydrogens (tertiary/aromatic N) is 3. The van der Waals surface area contributed by atoms with E-state index in [0.29, 0.717) is 36.8 Å². The van der Waals surface area contributed by atoms with Gasteiger partial charge in [0.2, 0.25) is 0 Å². The van der Waals surface area contributed by atoms with Gasteiger partial charge in [-0.05, 0) is 43.3 Å². The molecule has 0 bridgehead atoms. The Hall–Kier alpha value is -3.27. The molecule has 0 fully saturated rings. The number of guanidine groups is 1. The maximum absolute atomic E-state index is 14.0. The average Bonchev–Trinajstić information content (AvgIpc) is 2.72. The molecule has 28 heavy (non-hydrogen) atoms. The molecule has 0 heterocycles. The lowest BCUT2D eigenvalue weighted by Gasteiger charge is -2.22. The molecule has 0 saturated heterocycles. The predicted octanol–water partition coefficient (Wildman–Crippen LogP) is 3.18. The van der Waals surface area contributed by atoms with Crippen molar-refractivity contribution in [2.24, 2.45) is 4.99 Å². The molecule has 0 atom stereocenters. The largest absolute Gasteiger partial charge is 0.497 e. The molecule has 0 saturated carbocycles. The molecule has 0 aliphatic carbocycles. The van der Waals surface area contributed by atoms with Crippen LogP contribution in [0, 0.1) is 17.1 Å². The Labute approximate surface area is 165 Å². The first-order valence-corrected chi connectivity index (χ1v) is 9.02. The summed E-state index contributed by atoms with van der Waals surface area (Å²) in [5.74, 6) is 1.77. The van der Waals surface area contributed by atoms with Crippen LogP contribution in [-0.2, 0) is 6.54 Å². The van der Waals surface area contributed by atoms with Crippen molar-refractivity contribution in [3.05, 3.63) is 59.4 Å². The summed E-state index contributed by atoms with van der Waals surface area (Å²) in [5, 5.41) is 12.0. The quantitative estimate of drug-likeness (QED) is 0.559. The lowest BCUT2D eigenvalue weighted by atomic mass is 10.1. The predicted molar refractivity (Wildman–Crippen MR) is 107 cm³/mol. The van der Waals surface area contributed by atoms with Crippen molar-refractivity contribution in [1.29, 1.82) is 5.26 Å². The molecular formula is C21H25FN4O2. The lowest BCUT2D eigenvalue weighted by Crippen LogP contribution is -2.40. The normalized spacial score (nSPS) is 10.9. The maximum Gasteiger partial charge on any atom is 0.194 e. The molecule has 6 nitrogen and oxygen atoms in total. The van der Waals surface area contributed by atoms with E-state index in [2.05, 4.69) is 10.3 Å². The van der Waals surface area contributed by atoms with Crippen molar-refractivity contribution in [1.82, 2.24) is 10.2 Å². The van der Waals surface area contributed by atoms with Crippen LogP contribution < -0.4 is 14.8 Å². The fourth-order valence-corrected chi connectivity index (χ4v) is 2.45. The van der Waals surface area contributed by atoms with Crippen molar-refractivity contribution in [3.63, 3.8) is 0 Å². The van der Waals surface area contributed by atoms with Crippen LogP contribution in [0.2, 0.25) is 0 Å². The number of aliphatic imine (C=N–C) groups is 1. The van der Waals surface area contributed by atoms with E-state index in [0.717, 1.165) is 11.5 Å². The first-order valence-electron chi connectivity index (χ1n) is 9.02. The number of halogens is 1. The highest BCUT2D eigenvalue weighted by molar-refractivity contribution is 5.79. The Balaban J connectivity index is 1.93. The van der Waals surface area contributed by atoms with Crippen molar-refractivity contribution >= 4 is 5.96 Å². The number of likely N-dealkylation sites (N-methyl/N-ethyl adjacent to an activating group) is 1. The highest BCUT2D eigenvalue weighted by atomic mass is 19.1. The van der Waals surface area contributed by atoms with E-state index in [1.807, 2.05) is 49.2 Å². The van der Waals surface area contributed by atoms with Crippen LogP contribution in [0.1, 0.15) is 18.1 Å². The van der Waals surface area contributed by atoms with Crippen LogP contribution in [0.15, 0.2) is 47.5 Å². The smallest absolute Gasteiger partial charge is 0.194 e. The second-order valence-corrected chi connectivity index (χ2v) is 6.03. The molecule has 0 unspecified atom stereocenters. The number of benzene rings is 2. The fraction of sp³-hybridized carbons (Fsp3) is 0.333. The van der Waals surface area contributed by atoms with Gasteiger partial charge < -0.3 is 19.7 Å². The van der Waals surface area contributed by atoms with E-state index in [9.17, 15) is 4.39 Å². The average molecular weight is 384 g/mol. The van der Waals surface area contributed by atoms with Gasteiger partial charge in [0.15, 0.2) is 5.96 Å². The van der Waals surface area contributed by atoms with Gasteiger partial charge in [0, 0.05) is 19.2 Å². The number of nitriles is 1. The summed E-state index contributed by atoms with van der Waals surface area (Å²) in [7, 11) is 3.52. The number of nitrogens with one attached hydrogen (secondary N) is 1. The van der Waals surface area contributed by atoms with Gasteiger partial charge in [0.1, 0.15) is 23.9 Å². The minimum absolute atomic E-state index is 0.184. The molecule has 0 aliphatic rings. The zero-order valence-corrected chi connectivity index (χ0v) is 16.4. The van der Waals surface area contributed by atoms with E-state index in [1.54, 1.807) is 19.2 Å². The Morgan fingerprint density at radius 2 is 1.93 bits per heavy atom. The van der Waals surface area contributed by atoms with Gasteiger partial charge in [-0.1, -0.05) is 6.07 Å². The molecule has 2 aromatic rings. The molecule has 0 amide bonds. The molecule has 7 heteroatoms. The SMILES string of the molecule is CCNC(=NCc1ccc(C#N)cc1F)N(C)CCOc1ccc(OC)cc1. The first-order chi connectivity index (χ1) is 13.6. The molecule has 148 valence electrons. The topological polar surface area (TPSA) is 69.9 Å². The van der Waals surface area contributed by atoms with Crippen LogP contribution in [0.4, 0.5) is 4.39 Å². The summed E-state index contributed by atoms with van der Waals surface area (Å²) in [6.07, 6.45) is 0. The maximum atomic E-state index is 14.0. The van der Waals surface area contributed by atoms with Crippen LogP contribution in [0.25, 0.3) is 0 Å². The number of rotatable bonds is 8. The Bertz CT molecular complexity index is 831. The van der Waals surface area contributed by atoms with E-state index < -0.39 is 5.82 Å². The number of methoxy groups -OCH3 is 1. The minimum Gasteiger partial charge on any atom is -0.497 e. The summed E-state index contributed by atoms with van der Waals surface area (Å²) >= 11 is 0. The number of hydrogen-bond donors (Lipinski definition) is 1. The molecule has 0 radical (unpaired) electrons. The monoisotopic (exact) mass is 384 g/mol. The van der Waals surface area contributed by atoms with E-state index in [4.69, 9.17) is 14.7 Å². The third kappa shape index (κ3) is 6.16. The van der Waals surface area contributed by atoms with Gasteiger partial charge in [-0.2, -0.15) is 5.26 Å². The van der Waals surface area contributed by atoms with Crippen molar-refractivity contribution in [3.8, 4) is 17.6 Å². The van der Waals surface area contributed by atoms with Crippen LogP contribution in [-0.4, -0.2) is 44.7 Å². The van der Waals surface area contributed by atoms with E-state index in [1.165, 1.54) is 6.07 Å². The van der Waals surface area contributed by atoms with E-state index >= 15 is 0 Å². The fourth-order valence-electron chi connectivity index (χ4n) is 2.45. The molecule has 0 aliphatic heterocycles. The Morgan fingerprint density at radius 1 is 1.21 bits per heavy atom. The van der Waals surface area contributed by atoms with Gasteiger partial charge in [-0.3, -0.25) is 0 Å². The van der Waals surface area contributed by atoms with Crippen molar-refractivity contribution in [2.45, 2.75) is 13.5 Å². The zero-order valence-electron chi connectivity index (χ0n) is 16.4. The summed E-state index contributed by atoms with van der Waals surface area (Å²) in [6.45, 7) is 3.92. The highest BCUT2D eigenvalue weighted by Crippen LogP contribution is 2.17. The third-order valence-corrected chi connectivity index (χ3v) is 4.03. The molecular weight excluding hydrogens is 359 g/mol. The van der Waals surface area contributed by atoms with Crippen molar-refractivity contribution < 1.29 is 13.9 Å². The summed E-state index contributed by atoms with van der Waals surface area (Å²) in [6, 6.07) is 13.7. The standard InChI is InChI=1S/C21H25FN4O2/c1-4-24-21(25-15-17-6-5-16(14-23)13-20(17)22)26(2)11-12-28-19-9-7-18(27-3)8-10-19/h5-10,13H,4,11-12,15H2,1-3H3,(H,24,25). The van der Waals surface area contributed by atoms with E-state index in [-0.39, 0.29) is 6.54 Å². The number of ether oxygens (including phenoxy) is 2.